The minimum absolute atomic E-state index is 0.00505. The van der Waals surface area contributed by atoms with Crippen molar-refractivity contribution in [3.8, 4) is 0 Å². The number of halogens is 1. The van der Waals surface area contributed by atoms with Gasteiger partial charge in [-0.2, -0.15) is 0 Å². The summed E-state index contributed by atoms with van der Waals surface area (Å²) in [6, 6.07) is 6.84. The number of anilines is 1. The Balaban J connectivity index is 1.33. The van der Waals surface area contributed by atoms with E-state index < -0.39 is 0 Å². The molecule has 1 N–H and O–H groups in total. The molecule has 6 heteroatoms. The Kier molecular flexibility index (Phi) is 6.72. The first kappa shape index (κ1) is 19.0. The molecule has 2 aliphatic heterocycles. The fourth-order valence-corrected chi connectivity index (χ4v) is 3.75. The highest BCUT2D eigenvalue weighted by atomic mass is 19.1. The van der Waals surface area contributed by atoms with Crippen LogP contribution in [0.1, 0.15) is 26.2 Å². The maximum absolute atomic E-state index is 13.9. The van der Waals surface area contributed by atoms with Crippen molar-refractivity contribution >= 4 is 11.7 Å². The fourth-order valence-electron chi connectivity index (χ4n) is 3.75. The third-order valence-corrected chi connectivity index (χ3v) is 5.56. The van der Waals surface area contributed by atoms with Crippen molar-refractivity contribution in [2.24, 2.45) is 5.92 Å². The average Bonchev–Trinajstić information content (AvgIpc) is 2.67. The maximum atomic E-state index is 13.9. The zero-order chi connectivity index (χ0) is 18.4. The molecule has 0 aliphatic carbocycles. The predicted molar refractivity (Wildman–Crippen MR) is 103 cm³/mol. The predicted octanol–water partition coefficient (Wildman–Crippen LogP) is 2.78. The van der Waals surface area contributed by atoms with Gasteiger partial charge in [0.15, 0.2) is 0 Å². The SMILES string of the molecule is CC1CCN(CCCNC(=O)N2CCN(c3ccccc3F)CC2)CC1. The number of para-hydroxylation sites is 1. The first-order chi connectivity index (χ1) is 12.6. The van der Waals surface area contributed by atoms with Crippen molar-refractivity contribution in [3.05, 3.63) is 30.1 Å². The molecule has 2 saturated heterocycles. The van der Waals surface area contributed by atoms with Gasteiger partial charge in [0.25, 0.3) is 0 Å². The maximum Gasteiger partial charge on any atom is 0.317 e. The number of nitrogens with zero attached hydrogens (tertiary/aromatic N) is 3. The normalized spacial score (nSPS) is 19.6. The second-order valence-corrected chi connectivity index (χ2v) is 7.54. The summed E-state index contributed by atoms with van der Waals surface area (Å²) in [5.41, 5.74) is 0.628. The van der Waals surface area contributed by atoms with Gasteiger partial charge < -0.3 is 20.0 Å². The highest BCUT2D eigenvalue weighted by molar-refractivity contribution is 5.74. The van der Waals surface area contributed by atoms with Crippen LogP contribution in [0.5, 0.6) is 0 Å². The van der Waals surface area contributed by atoms with E-state index in [0.29, 0.717) is 31.9 Å². The Labute approximate surface area is 156 Å². The Bertz CT molecular complexity index is 581. The van der Waals surface area contributed by atoms with Gasteiger partial charge >= 0.3 is 6.03 Å². The number of carbonyl (C=O) groups is 1. The third kappa shape index (κ3) is 5.10. The number of rotatable bonds is 5. The van der Waals surface area contributed by atoms with Crippen molar-refractivity contribution in [1.29, 1.82) is 0 Å². The van der Waals surface area contributed by atoms with Crippen LogP contribution >= 0.6 is 0 Å². The first-order valence-corrected chi connectivity index (χ1v) is 9.88. The number of likely N-dealkylation sites (tertiary alicyclic amines) is 1. The van der Waals surface area contributed by atoms with Crippen LogP contribution in [-0.4, -0.2) is 68.2 Å². The van der Waals surface area contributed by atoms with Crippen molar-refractivity contribution in [2.45, 2.75) is 26.2 Å². The number of carbonyl (C=O) groups excluding carboxylic acids is 1. The fraction of sp³-hybridized carbons (Fsp3) is 0.650. The number of hydrogen-bond acceptors (Lipinski definition) is 3. The summed E-state index contributed by atoms with van der Waals surface area (Å²) in [7, 11) is 0. The molecule has 0 spiro atoms. The quantitative estimate of drug-likeness (QED) is 0.819. The van der Waals surface area contributed by atoms with Gasteiger partial charge in [0, 0.05) is 32.7 Å². The van der Waals surface area contributed by atoms with Crippen LogP contribution in [0, 0.1) is 11.7 Å². The number of benzene rings is 1. The summed E-state index contributed by atoms with van der Waals surface area (Å²) in [6.07, 6.45) is 3.58. The lowest BCUT2D eigenvalue weighted by molar-refractivity contribution is 0.184. The zero-order valence-corrected chi connectivity index (χ0v) is 15.8. The molecule has 0 atom stereocenters. The molecule has 26 heavy (non-hydrogen) atoms. The minimum atomic E-state index is -0.197. The molecular weight excluding hydrogens is 331 g/mol. The summed E-state index contributed by atoms with van der Waals surface area (Å²) < 4.78 is 13.9. The Morgan fingerprint density at radius 2 is 1.81 bits per heavy atom. The van der Waals surface area contributed by atoms with Gasteiger partial charge in [-0.05, 0) is 56.9 Å². The number of urea groups is 1. The average molecular weight is 362 g/mol. The van der Waals surface area contributed by atoms with Gasteiger partial charge in [-0.25, -0.2) is 9.18 Å². The third-order valence-electron chi connectivity index (χ3n) is 5.56. The smallest absolute Gasteiger partial charge is 0.317 e. The molecule has 0 saturated carbocycles. The van der Waals surface area contributed by atoms with Crippen LogP contribution in [-0.2, 0) is 0 Å². The number of hydrogen-bond donors (Lipinski definition) is 1. The lowest BCUT2D eigenvalue weighted by Gasteiger charge is -2.36. The van der Waals surface area contributed by atoms with E-state index in [-0.39, 0.29) is 11.8 Å². The highest BCUT2D eigenvalue weighted by Crippen LogP contribution is 2.20. The van der Waals surface area contributed by atoms with Gasteiger partial charge in [0.05, 0.1) is 5.69 Å². The molecule has 144 valence electrons. The summed E-state index contributed by atoms with van der Waals surface area (Å²) >= 11 is 0. The van der Waals surface area contributed by atoms with Gasteiger partial charge in [-0.3, -0.25) is 0 Å². The minimum Gasteiger partial charge on any atom is -0.366 e. The largest absolute Gasteiger partial charge is 0.366 e. The lowest BCUT2D eigenvalue weighted by atomic mass is 9.99. The van der Waals surface area contributed by atoms with E-state index in [2.05, 4.69) is 17.1 Å². The molecule has 1 aromatic rings. The van der Waals surface area contributed by atoms with Gasteiger partial charge in [-0.15, -0.1) is 0 Å². The summed E-state index contributed by atoms with van der Waals surface area (Å²) in [5, 5.41) is 3.03. The van der Waals surface area contributed by atoms with Crippen molar-refractivity contribution in [2.75, 3.05) is 57.3 Å². The molecule has 2 heterocycles. The molecule has 2 amide bonds. The highest BCUT2D eigenvalue weighted by Gasteiger charge is 2.22. The monoisotopic (exact) mass is 362 g/mol. The van der Waals surface area contributed by atoms with Crippen LogP contribution < -0.4 is 10.2 Å². The molecular formula is C20H31FN4O. The summed E-state index contributed by atoms with van der Waals surface area (Å²) in [6.45, 7) is 9.07. The molecule has 2 aliphatic rings. The van der Waals surface area contributed by atoms with E-state index in [1.807, 2.05) is 15.9 Å². The molecule has 0 radical (unpaired) electrons. The first-order valence-electron chi connectivity index (χ1n) is 9.88. The zero-order valence-electron chi connectivity index (χ0n) is 15.8. The van der Waals surface area contributed by atoms with Crippen molar-refractivity contribution in [3.63, 3.8) is 0 Å². The van der Waals surface area contributed by atoms with Crippen LogP contribution in [0.4, 0.5) is 14.9 Å². The number of amides is 2. The molecule has 0 aromatic heterocycles. The number of piperazine rings is 1. The van der Waals surface area contributed by atoms with Crippen molar-refractivity contribution < 1.29 is 9.18 Å². The number of nitrogens with one attached hydrogen (secondary N) is 1. The Hall–Kier alpha value is -1.82. The number of piperidine rings is 1. The van der Waals surface area contributed by atoms with E-state index in [1.165, 1.54) is 32.0 Å². The summed E-state index contributed by atoms with van der Waals surface area (Å²) in [5.74, 6) is 0.659. The van der Waals surface area contributed by atoms with Crippen LogP contribution in [0.25, 0.3) is 0 Å². The van der Waals surface area contributed by atoms with Crippen molar-refractivity contribution in [1.82, 2.24) is 15.1 Å². The lowest BCUT2D eigenvalue weighted by Crippen LogP contribution is -2.52. The molecule has 0 bridgehead atoms. The van der Waals surface area contributed by atoms with E-state index in [0.717, 1.165) is 25.4 Å². The molecule has 3 rings (SSSR count). The molecule has 2 fully saturated rings. The summed E-state index contributed by atoms with van der Waals surface area (Å²) in [4.78, 5) is 18.7. The Morgan fingerprint density at radius 3 is 2.50 bits per heavy atom. The van der Waals surface area contributed by atoms with Gasteiger partial charge in [0.1, 0.15) is 5.82 Å². The molecule has 5 nitrogen and oxygen atoms in total. The standard InChI is InChI=1S/C20H31FN4O/c1-17-7-11-23(12-8-17)10-4-9-22-20(26)25-15-13-24(14-16-25)19-6-3-2-5-18(19)21/h2-3,5-6,17H,4,7-16H2,1H3,(H,22,26). The van der Waals surface area contributed by atoms with E-state index in [9.17, 15) is 9.18 Å². The van der Waals surface area contributed by atoms with Crippen LogP contribution in [0.2, 0.25) is 0 Å². The van der Waals surface area contributed by atoms with Gasteiger partial charge in [-0.1, -0.05) is 19.1 Å². The van der Waals surface area contributed by atoms with Gasteiger partial charge in [0.2, 0.25) is 0 Å². The van der Waals surface area contributed by atoms with E-state index in [1.54, 1.807) is 12.1 Å². The van der Waals surface area contributed by atoms with E-state index in [4.69, 9.17) is 0 Å². The second kappa shape index (κ2) is 9.21. The topological polar surface area (TPSA) is 38.8 Å². The Morgan fingerprint density at radius 1 is 1.12 bits per heavy atom. The molecule has 0 unspecified atom stereocenters. The van der Waals surface area contributed by atoms with Crippen LogP contribution in [0.3, 0.4) is 0 Å². The molecule has 1 aromatic carbocycles. The van der Waals surface area contributed by atoms with Crippen LogP contribution in [0.15, 0.2) is 24.3 Å². The van der Waals surface area contributed by atoms with E-state index >= 15 is 0 Å². The second-order valence-electron chi connectivity index (χ2n) is 7.54.